The van der Waals surface area contributed by atoms with Gasteiger partial charge in [0.2, 0.25) is 5.91 Å². The Morgan fingerprint density at radius 3 is 2.71 bits per heavy atom. The molecule has 1 saturated heterocycles. The quantitative estimate of drug-likeness (QED) is 0.820. The molecule has 1 atom stereocenters. The molecule has 1 heterocycles. The molecule has 5 heteroatoms. The van der Waals surface area contributed by atoms with E-state index in [9.17, 15) is 4.79 Å². The van der Waals surface area contributed by atoms with E-state index in [0.29, 0.717) is 12.6 Å². The number of likely N-dealkylation sites (N-methyl/N-ethyl adjacent to an activating group) is 2. The molecule has 0 bridgehead atoms. The summed E-state index contributed by atoms with van der Waals surface area (Å²) in [5.41, 5.74) is 0. The zero-order valence-corrected chi connectivity index (χ0v) is 13.8. The molecule has 0 radical (unpaired) electrons. The highest BCUT2D eigenvalue weighted by Crippen LogP contribution is 2.26. The summed E-state index contributed by atoms with van der Waals surface area (Å²) in [7, 11) is 3.92. The lowest BCUT2D eigenvalue weighted by molar-refractivity contribution is -0.135. The third kappa shape index (κ3) is 4.94. The normalized spacial score (nSPS) is 31.1. The van der Waals surface area contributed by atoms with E-state index in [1.807, 2.05) is 19.0 Å². The van der Waals surface area contributed by atoms with E-state index in [2.05, 4.69) is 17.1 Å². The van der Waals surface area contributed by atoms with Crippen LogP contribution < -0.4 is 5.32 Å². The molecular weight excluding hydrogens is 266 g/mol. The van der Waals surface area contributed by atoms with Gasteiger partial charge in [0.05, 0.1) is 19.3 Å². The molecule has 0 aromatic carbocycles. The van der Waals surface area contributed by atoms with Crippen molar-refractivity contribution in [3.63, 3.8) is 0 Å². The monoisotopic (exact) mass is 297 g/mol. The fourth-order valence-corrected chi connectivity index (χ4v) is 3.41. The number of carbonyl (C=O) groups is 1. The summed E-state index contributed by atoms with van der Waals surface area (Å²) >= 11 is 0. The molecule has 1 N–H and O–H groups in total. The van der Waals surface area contributed by atoms with Crippen molar-refractivity contribution in [3.8, 4) is 0 Å². The largest absolute Gasteiger partial charge is 0.374 e. The Hall–Kier alpha value is -0.650. The van der Waals surface area contributed by atoms with Crippen LogP contribution in [-0.2, 0) is 9.53 Å². The van der Waals surface area contributed by atoms with Crippen LogP contribution in [0, 0.1) is 5.92 Å². The average Bonchev–Trinajstić information content (AvgIpc) is 2.48. The van der Waals surface area contributed by atoms with Gasteiger partial charge >= 0.3 is 0 Å². The number of hydrogen-bond donors (Lipinski definition) is 1. The first-order valence-electron chi connectivity index (χ1n) is 8.34. The Kier molecular flexibility index (Phi) is 6.45. The second kappa shape index (κ2) is 8.11. The van der Waals surface area contributed by atoms with Crippen LogP contribution in [0.5, 0.6) is 0 Å². The average molecular weight is 297 g/mol. The SMILES string of the molecule is CNCC1CN(CC(=O)N(C)C2CCC(C)CC2)CCO1. The third-order valence-corrected chi connectivity index (χ3v) is 4.94. The molecule has 1 unspecified atom stereocenters. The van der Waals surface area contributed by atoms with E-state index in [-0.39, 0.29) is 12.0 Å². The summed E-state index contributed by atoms with van der Waals surface area (Å²) in [6.07, 6.45) is 5.04. The van der Waals surface area contributed by atoms with Gasteiger partial charge in [-0.05, 0) is 38.6 Å². The molecule has 1 aliphatic heterocycles. The number of ether oxygens (including phenoxy) is 1. The second-order valence-electron chi connectivity index (χ2n) is 6.70. The number of amides is 1. The van der Waals surface area contributed by atoms with Crippen LogP contribution >= 0.6 is 0 Å². The van der Waals surface area contributed by atoms with Gasteiger partial charge in [0.25, 0.3) is 0 Å². The number of rotatable bonds is 5. The van der Waals surface area contributed by atoms with Crippen molar-refractivity contribution in [2.45, 2.75) is 44.8 Å². The first-order valence-corrected chi connectivity index (χ1v) is 8.34. The predicted molar refractivity (Wildman–Crippen MR) is 84.3 cm³/mol. The van der Waals surface area contributed by atoms with Crippen molar-refractivity contribution in [3.05, 3.63) is 0 Å². The lowest BCUT2D eigenvalue weighted by Gasteiger charge is -2.37. The van der Waals surface area contributed by atoms with Gasteiger partial charge in [-0.15, -0.1) is 0 Å². The number of nitrogens with zero attached hydrogens (tertiary/aromatic N) is 2. The first-order chi connectivity index (χ1) is 10.1. The van der Waals surface area contributed by atoms with E-state index < -0.39 is 0 Å². The Morgan fingerprint density at radius 1 is 1.33 bits per heavy atom. The minimum Gasteiger partial charge on any atom is -0.374 e. The number of hydrogen-bond acceptors (Lipinski definition) is 4. The van der Waals surface area contributed by atoms with Gasteiger partial charge in [-0.3, -0.25) is 9.69 Å². The summed E-state index contributed by atoms with van der Waals surface area (Å²) < 4.78 is 5.69. The summed E-state index contributed by atoms with van der Waals surface area (Å²) in [6.45, 7) is 6.13. The van der Waals surface area contributed by atoms with Crippen molar-refractivity contribution in [2.75, 3.05) is 46.9 Å². The molecule has 2 fully saturated rings. The summed E-state index contributed by atoms with van der Waals surface area (Å²) in [5.74, 6) is 1.09. The van der Waals surface area contributed by atoms with E-state index in [1.54, 1.807) is 0 Å². The van der Waals surface area contributed by atoms with Crippen molar-refractivity contribution in [1.82, 2.24) is 15.1 Å². The Morgan fingerprint density at radius 2 is 2.05 bits per heavy atom. The van der Waals surface area contributed by atoms with Gasteiger partial charge in [-0.25, -0.2) is 0 Å². The highest BCUT2D eigenvalue weighted by molar-refractivity contribution is 5.78. The van der Waals surface area contributed by atoms with Crippen LogP contribution in [0.25, 0.3) is 0 Å². The Bertz CT molecular complexity index is 327. The summed E-state index contributed by atoms with van der Waals surface area (Å²) in [4.78, 5) is 16.7. The molecule has 1 aliphatic carbocycles. The van der Waals surface area contributed by atoms with Crippen LogP contribution in [0.1, 0.15) is 32.6 Å². The van der Waals surface area contributed by atoms with Gasteiger partial charge in [-0.2, -0.15) is 0 Å². The molecule has 21 heavy (non-hydrogen) atoms. The summed E-state index contributed by atoms with van der Waals surface area (Å²) in [5, 5.41) is 3.14. The maximum Gasteiger partial charge on any atom is 0.236 e. The van der Waals surface area contributed by atoms with Gasteiger partial charge in [-0.1, -0.05) is 6.92 Å². The first kappa shape index (κ1) is 16.7. The summed E-state index contributed by atoms with van der Waals surface area (Å²) in [6, 6.07) is 0.447. The predicted octanol–water partition coefficient (Wildman–Crippen LogP) is 0.944. The van der Waals surface area contributed by atoms with Crippen LogP contribution in [0.4, 0.5) is 0 Å². The van der Waals surface area contributed by atoms with Gasteiger partial charge in [0, 0.05) is 32.7 Å². The molecule has 0 aromatic rings. The molecular formula is C16H31N3O2. The van der Waals surface area contributed by atoms with E-state index in [0.717, 1.165) is 45.0 Å². The van der Waals surface area contributed by atoms with E-state index >= 15 is 0 Å². The topological polar surface area (TPSA) is 44.8 Å². The van der Waals surface area contributed by atoms with Crippen molar-refractivity contribution < 1.29 is 9.53 Å². The van der Waals surface area contributed by atoms with E-state index in [1.165, 1.54) is 12.8 Å². The maximum absolute atomic E-state index is 12.5. The van der Waals surface area contributed by atoms with Gasteiger partial charge in [0.15, 0.2) is 0 Å². The number of carbonyl (C=O) groups excluding carboxylic acids is 1. The maximum atomic E-state index is 12.5. The van der Waals surface area contributed by atoms with Crippen LogP contribution in [0.15, 0.2) is 0 Å². The fraction of sp³-hybridized carbons (Fsp3) is 0.938. The Labute approximate surface area is 129 Å². The number of morpholine rings is 1. The third-order valence-electron chi connectivity index (χ3n) is 4.94. The molecule has 0 spiro atoms. The molecule has 1 amide bonds. The Balaban J connectivity index is 1.77. The van der Waals surface area contributed by atoms with Crippen LogP contribution in [0.2, 0.25) is 0 Å². The lowest BCUT2D eigenvalue weighted by atomic mass is 9.87. The highest BCUT2D eigenvalue weighted by Gasteiger charge is 2.27. The smallest absolute Gasteiger partial charge is 0.236 e. The molecule has 1 saturated carbocycles. The zero-order valence-electron chi connectivity index (χ0n) is 13.8. The van der Waals surface area contributed by atoms with Crippen LogP contribution in [-0.4, -0.2) is 74.7 Å². The zero-order chi connectivity index (χ0) is 15.2. The van der Waals surface area contributed by atoms with Crippen molar-refractivity contribution >= 4 is 5.91 Å². The number of nitrogens with one attached hydrogen (secondary N) is 1. The standard InChI is InChI=1S/C16H31N3O2/c1-13-4-6-14(7-5-13)18(3)16(20)12-19-8-9-21-15(11-19)10-17-2/h13-15,17H,4-12H2,1-3H3. The molecule has 2 aliphatic rings. The minimum absolute atomic E-state index is 0.206. The van der Waals surface area contributed by atoms with Gasteiger partial charge < -0.3 is 15.0 Å². The van der Waals surface area contributed by atoms with E-state index in [4.69, 9.17) is 4.74 Å². The van der Waals surface area contributed by atoms with Crippen molar-refractivity contribution in [1.29, 1.82) is 0 Å². The van der Waals surface area contributed by atoms with Crippen molar-refractivity contribution in [2.24, 2.45) is 5.92 Å². The molecule has 5 nitrogen and oxygen atoms in total. The molecule has 122 valence electrons. The molecule has 2 rings (SSSR count). The second-order valence-corrected chi connectivity index (χ2v) is 6.70. The minimum atomic E-state index is 0.206. The van der Waals surface area contributed by atoms with Gasteiger partial charge in [0.1, 0.15) is 0 Å². The molecule has 0 aromatic heterocycles. The fourth-order valence-electron chi connectivity index (χ4n) is 3.41. The van der Waals surface area contributed by atoms with Crippen LogP contribution in [0.3, 0.4) is 0 Å². The highest BCUT2D eigenvalue weighted by atomic mass is 16.5. The lowest BCUT2D eigenvalue weighted by Crippen LogP contribution is -2.51.